The Morgan fingerprint density at radius 1 is 1.14 bits per heavy atom. The van der Waals surface area contributed by atoms with Crippen LogP contribution in [-0.4, -0.2) is 21.8 Å². The van der Waals surface area contributed by atoms with E-state index in [1.54, 1.807) is 0 Å². The molecule has 1 aromatic carbocycles. The molecule has 1 aliphatic rings. The first-order valence-electron chi connectivity index (χ1n) is 7.24. The zero-order valence-corrected chi connectivity index (χ0v) is 12.4. The number of allylic oxidation sites excluding steroid dienone is 5. The van der Waals surface area contributed by atoms with E-state index in [0.717, 1.165) is 28.9 Å². The van der Waals surface area contributed by atoms with Gasteiger partial charge in [-0.15, -0.1) is 0 Å². The van der Waals surface area contributed by atoms with Gasteiger partial charge in [-0.25, -0.2) is 4.98 Å². The van der Waals surface area contributed by atoms with Crippen molar-refractivity contribution in [2.45, 2.75) is 19.4 Å². The number of hydrogen-bond donors (Lipinski definition) is 0. The van der Waals surface area contributed by atoms with Crippen molar-refractivity contribution in [3.63, 3.8) is 0 Å². The van der Waals surface area contributed by atoms with Crippen molar-refractivity contribution >= 4 is 22.8 Å². The van der Waals surface area contributed by atoms with E-state index in [0.29, 0.717) is 0 Å². The van der Waals surface area contributed by atoms with E-state index in [4.69, 9.17) is 4.98 Å². The number of aliphatic imine (C=N–C) groups is 1. The summed E-state index contributed by atoms with van der Waals surface area (Å²) < 4.78 is 2.14. The van der Waals surface area contributed by atoms with Crippen LogP contribution in [0.5, 0.6) is 0 Å². The van der Waals surface area contributed by atoms with E-state index in [1.165, 1.54) is 0 Å². The Kier molecular flexibility index (Phi) is 3.82. The van der Waals surface area contributed by atoms with E-state index in [1.807, 2.05) is 30.5 Å². The van der Waals surface area contributed by atoms with E-state index in [-0.39, 0.29) is 6.04 Å². The maximum Gasteiger partial charge on any atom is 0.138 e. The molecule has 106 valence electrons. The summed E-state index contributed by atoms with van der Waals surface area (Å²) in [6.45, 7) is 2.10. The molecule has 0 spiro atoms. The summed E-state index contributed by atoms with van der Waals surface area (Å²) in [6.07, 6.45) is 13.3. The molecule has 0 saturated heterocycles. The maximum absolute atomic E-state index is 4.78. The van der Waals surface area contributed by atoms with Crippen LogP contribution < -0.4 is 0 Å². The summed E-state index contributed by atoms with van der Waals surface area (Å²) in [5, 5.41) is 0. The topological polar surface area (TPSA) is 30.2 Å². The Morgan fingerprint density at radius 3 is 2.81 bits per heavy atom. The predicted molar refractivity (Wildman–Crippen MR) is 89.5 cm³/mol. The van der Waals surface area contributed by atoms with Crippen LogP contribution in [0.25, 0.3) is 16.6 Å². The van der Waals surface area contributed by atoms with Gasteiger partial charge in [0.15, 0.2) is 0 Å². The lowest BCUT2D eigenvalue weighted by Gasteiger charge is -2.12. The largest absolute Gasteiger partial charge is 0.327 e. The quantitative estimate of drug-likeness (QED) is 0.776. The molecule has 0 radical (unpaired) electrons. The fraction of sp³-hybridized carbons (Fsp3) is 0.222. The van der Waals surface area contributed by atoms with Gasteiger partial charge < -0.3 is 4.57 Å². The summed E-state index contributed by atoms with van der Waals surface area (Å²) >= 11 is 0. The molecule has 2 aromatic rings. The third-order valence-corrected chi connectivity index (χ3v) is 3.71. The van der Waals surface area contributed by atoms with Gasteiger partial charge in [0.05, 0.1) is 17.1 Å². The number of nitrogens with zero attached hydrogens (tertiary/aromatic N) is 3. The summed E-state index contributed by atoms with van der Waals surface area (Å²) in [4.78, 5) is 9.37. The highest BCUT2D eigenvalue weighted by Gasteiger charge is 2.16. The van der Waals surface area contributed by atoms with Crippen LogP contribution >= 0.6 is 0 Å². The van der Waals surface area contributed by atoms with Gasteiger partial charge in [0.25, 0.3) is 0 Å². The average Bonchev–Trinajstić information content (AvgIpc) is 2.83. The SMILES string of the molecule is CC1N=C/C=C\C/C=C\C=C/1c1nc2ccccc2n1C. The molecular weight excluding hydrogens is 258 g/mol. The molecule has 0 amide bonds. The van der Waals surface area contributed by atoms with Crippen LogP contribution in [0.2, 0.25) is 0 Å². The van der Waals surface area contributed by atoms with Crippen LogP contribution in [0.3, 0.4) is 0 Å². The first-order valence-corrected chi connectivity index (χ1v) is 7.24. The standard InChI is InChI=1S/C18H19N3/c1-14-15(10-6-4-3-5-9-13-19-14)18-20-16-11-7-8-12-17(16)21(18)2/h4-14H,3H2,1-2H3/b6-4-,9-5-,15-10+,19-13?. The van der Waals surface area contributed by atoms with Gasteiger partial charge in [-0.1, -0.05) is 36.4 Å². The Hall–Kier alpha value is -2.42. The number of para-hydroxylation sites is 2. The monoisotopic (exact) mass is 277 g/mol. The molecule has 3 nitrogen and oxygen atoms in total. The highest BCUT2D eigenvalue weighted by molar-refractivity contribution is 5.82. The fourth-order valence-electron chi connectivity index (χ4n) is 2.53. The van der Waals surface area contributed by atoms with Gasteiger partial charge in [0.1, 0.15) is 5.82 Å². The van der Waals surface area contributed by atoms with Crippen molar-refractivity contribution in [3.05, 3.63) is 60.5 Å². The normalized spacial score (nSPS) is 24.5. The maximum atomic E-state index is 4.78. The molecule has 2 heterocycles. The molecule has 0 aliphatic carbocycles. The Balaban J connectivity index is 2.12. The number of imidazole rings is 1. The zero-order chi connectivity index (χ0) is 14.7. The van der Waals surface area contributed by atoms with Crippen molar-refractivity contribution in [1.82, 2.24) is 9.55 Å². The third-order valence-electron chi connectivity index (χ3n) is 3.71. The predicted octanol–water partition coefficient (Wildman–Crippen LogP) is 3.93. The van der Waals surface area contributed by atoms with Crippen molar-refractivity contribution in [2.24, 2.45) is 12.0 Å². The van der Waals surface area contributed by atoms with Crippen molar-refractivity contribution in [2.75, 3.05) is 0 Å². The molecule has 0 saturated carbocycles. The molecule has 0 N–H and O–H groups in total. The summed E-state index contributed by atoms with van der Waals surface area (Å²) in [7, 11) is 2.06. The number of fused-ring (bicyclic) bond motifs is 1. The van der Waals surface area contributed by atoms with E-state index in [2.05, 4.69) is 53.9 Å². The first kappa shape index (κ1) is 13.6. The van der Waals surface area contributed by atoms with E-state index < -0.39 is 0 Å². The van der Waals surface area contributed by atoms with Crippen LogP contribution in [-0.2, 0) is 7.05 Å². The van der Waals surface area contributed by atoms with E-state index in [9.17, 15) is 0 Å². The minimum atomic E-state index is 0.0768. The number of aryl methyl sites for hydroxylation is 1. The molecule has 1 aromatic heterocycles. The van der Waals surface area contributed by atoms with E-state index >= 15 is 0 Å². The summed E-state index contributed by atoms with van der Waals surface area (Å²) in [6, 6.07) is 8.29. The van der Waals surface area contributed by atoms with Gasteiger partial charge in [0.2, 0.25) is 0 Å². The second-order valence-electron chi connectivity index (χ2n) is 5.17. The highest BCUT2D eigenvalue weighted by Crippen LogP contribution is 2.24. The van der Waals surface area contributed by atoms with Gasteiger partial charge >= 0.3 is 0 Å². The number of rotatable bonds is 1. The zero-order valence-electron chi connectivity index (χ0n) is 12.4. The highest BCUT2D eigenvalue weighted by atomic mass is 15.1. The molecular formula is C18H19N3. The molecule has 0 fully saturated rings. The lowest BCUT2D eigenvalue weighted by atomic mass is 10.1. The number of hydrogen-bond acceptors (Lipinski definition) is 2. The van der Waals surface area contributed by atoms with Gasteiger partial charge in [-0.05, 0) is 31.6 Å². The minimum absolute atomic E-state index is 0.0768. The Morgan fingerprint density at radius 2 is 1.95 bits per heavy atom. The molecule has 3 rings (SSSR count). The van der Waals surface area contributed by atoms with Crippen LogP contribution in [0.1, 0.15) is 19.2 Å². The molecule has 21 heavy (non-hydrogen) atoms. The molecule has 3 heteroatoms. The molecule has 1 atom stereocenters. The lowest BCUT2D eigenvalue weighted by molar-refractivity contribution is 0.871. The summed E-state index contributed by atoms with van der Waals surface area (Å²) in [5.41, 5.74) is 3.30. The first-order chi connectivity index (χ1) is 10.3. The second kappa shape index (κ2) is 5.92. The minimum Gasteiger partial charge on any atom is -0.327 e. The third kappa shape index (κ3) is 2.72. The molecule has 1 unspecified atom stereocenters. The van der Waals surface area contributed by atoms with Gasteiger partial charge in [-0.3, -0.25) is 4.99 Å². The number of aromatic nitrogens is 2. The fourth-order valence-corrected chi connectivity index (χ4v) is 2.53. The Bertz CT molecular complexity index is 760. The Labute approximate surface area is 125 Å². The lowest BCUT2D eigenvalue weighted by Crippen LogP contribution is -2.08. The molecule has 0 bridgehead atoms. The number of benzene rings is 1. The van der Waals surface area contributed by atoms with Crippen LogP contribution in [0.4, 0.5) is 0 Å². The summed E-state index contributed by atoms with van der Waals surface area (Å²) in [5.74, 6) is 0.982. The van der Waals surface area contributed by atoms with Gasteiger partial charge in [-0.2, -0.15) is 0 Å². The van der Waals surface area contributed by atoms with Crippen molar-refractivity contribution in [1.29, 1.82) is 0 Å². The van der Waals surface area contributed by atoms with Crippen LogP contribution in [0.15, 0.2) is 59.6 Å². The molecule has 1 aliphatic heterocycles. The van der Waals surface area contributed by atoms with Crippen molar-refractivity contribution in [3.8, 4) is 0 Å². The smallest absolute Gasteiger partial charge is 0.138 e. The van der Waals surface area contributed by atoms with Gasteiger partial charge in [0, 0.05) is 18.8 Å². The van der Waals surface area contributed by atoms with Crippen molar-refractivity contribution < 1.29 is 0 Å². The second-order valence-corrected chi connectivity index (χ2v) is 5.17. The van der Waals surface area contributed by atoms with Crippen LogP contribution in [0, 0.1) is 0 Å². The average molecular weight is 277 g/mol.